The van der Waals surface area contributed by atoms with Gasteiger partial charge in [-0.25, -0.2) is 9.59 Å². The number of ether oxygens (including phenoxy) is 2. The van der Waals surface area contributed by atoms with E-state index in [9.17, 15) is 9.59 Å². The third kappa shape index (κ3) is 6.97. The molecule has 2 amide bonds. The van der Waals surface area contributed by atoms with E-state index in [0.29, 0.717) is 11.4 Å². The quantitative estimate of drug-likeness (QED) is 0.850. The standard InChI is InChI=1S/C16H24N2O4/c1-15(2,3)21-13(19)17-11-9-7-8-10-12(11)18-14(20)22-16(4,5)6/h7-10H,1-6H3,(H,17,19)(H,18,20). The maximum atomic E-state index is 11.8. The molecule has 1 aromatic rings. The highest BCUT2D eigenvalue weighted by Gasteiger charge is 2.19. The van der Waals surface area contributed by atoms with Gasteiger partial charge in [-0.1, -0.05) is 12.1 Å². The molecule has 0 bridgehead atoms. The van der Waals surface area contributed by atoms with E-state index in [-0.39, 0.29) is 0 Å². The molecule has 0 aliphatic carbocycles. The Morgan fingerprint density at radius 2 is 1.09 bits per heavy atom. The summed E-state index contributed by atoms with van der Waals surface area (Å²) < 4.78 is 10.4. The molecule has 0 spiro atoms. The van der Waals surface area contributed by atoms with Crippen molar-refractivity contribution in [1.29, 1.82) is 0 Å². The zero-order valence-corrected chi connectivity index (χ0v) is 13.9. The smallest absolute Gasteiger partial charge is 0.412 e. The summed E-state index contributed by atoms with van der Waals surface area (Å²) in [6.45, 7) is 10.7. The Bertz CT molecular complexity index is 493. The van der Waals surface area contributed by atoms with Crippen LogP contribution in [0.15, 0.2) is 24.3 Å². The third-order valence-electron chi connectivity index (χ3n) is 2.20. The van der Waals surface area contributed by atoms with Gasteiger partial charge in [0.2, 0.25) is 0 Å². The van der Waals surface area contributed by atoms with E-state index in [2.05, 4.69) is 10.6 Å². The van der Waals surface area contributed by atoms with Crippen molar-refractivity contribution in [3.05, 3.63) is 24.3 Å². The van der Waals surface area contributed by atoms with Crippen LogP contribution in [0.2, 0.25) is 0 Å². The van der Waals surface area contributed by atoms with E-state index in [1.54, 1.807) is 65.8 Å². The first-order valence-corrected chi connectivity index (χ1v) is 7.05. The molecule has 0 aromatic heterocycles. The molecule has 0 saturated heterocycles. The molecule has 6 heteroatoms. The molecule has 0 saturated carbocycles. The van der Waals surface area contributed by atoms with E-state index in [0.717, 1.165) is 0 Å². The molecule has 122 valence electrons. The molecule has 0 fully saturated rings. The Hall–Kier alpha value is -2.24. The van der Waals surface area contributed by atoms with E-state index in [4.69, 9.17) is 9.47 Å². The topological polar surface area (TPSA) is 76.7 Å². The average molecular weight is 308 g/mol. The van der Waals surface area contributed by atoms with Crippen LogP contribution in [-0.4, -0.2) is 23.4 Å². The lowest BCUT2D eigenvalue weighted by Gasteiger charge is -2.22. The maximum Gasteiger partial charge on any atom is 0.412 e. The summed E-state index contributed by atoms with van der Waals surface area (Å²) in [4.78, 5) is 23.6. The van der Waals surface area contributed by atoms with Crippen LogP contribution in [-0.2, 0) is 9.47 Å². The molecule has 22 heavy (non-hydrogen) atoms. The van der Waals surface area contributed by atoms with Crippen LogP contribution in [0.3, 0.4) is 0 Å². The molecule has 0 heterocycles. The molecule has 0 atom stereocenters. The lowest BCUT2D eigenvalue weighted by atomic mass is 10.2. The van der Waals surface area contributed by atoms with E-state index in [1.165, 1.54) is 0 Å². The summed E-state index contributed by atoms with van der Waals surface area (Å²) in [5.74, 6) is 0. The van der Waals surface area contributed by atoms with Gasteiger partial charge in [0.25, 0.3) is 0 Å². The Morgan fingerprint density at radius 3 is 1.36 bits per heavy atom. The second-order valence-electron chi connectivity index (χ2n) is 6.80. The highest BCUT2D eigenvalue weighted by atomic mass is 16.6. The molecule has 0 radical (unpaired) electrons. The second kappa shape index (κ2) is 6.68. The van der Waals surface area contributed by atoms with Gasteiger partial charge in [0.1, 0.15) is 11.2 Å². The van der Waals surface area contributed by atoms with E-state index >= 15 is 0 Å². The van der Waals surface area contributed by atoms with Crippen LogP contribution in [0, 0.1) is 0 Å². The minimum Gasteiger partial charge on any atom is -0.444 e. The zero-order chi connectivity index (χ0) is 17.0. The third-order valence-corrected chi connectivity index (χ3v) is 2.20. The van der Waals surface area contributed by atoms with Crippen molar-refractivity contribution in [3.63, 3.8) is 0 Å². The number of para-hydroxylation sites is 2. The molecular formula is C16H24N2O4. The van der Waals surface area contributed by atoms with Crippen LogP contribution in [0.25, 0.3) is 0 Å². The van der Waals surface area contributed by atoms with Gasteiger partial charge in [0.15, 0.2) is 0 Å². The predicted molar refractivity (Wildman–Crippen MR) is 86.2 cm³/mol. The lowest BCUT2D eigenvalue weighted by Crippen LogP contribution is -2.29. The number of hydrogen-bond donors (Lipinski definition) is 2. The van der Waals surface area contributed by atoms with Gasteiger partial charge in [-0.2, -0.15) is 0 Å². The first-order chi connectivity index (χ1) is 9.96. The number of benzene rings is 1. The van der Waals surface area contributed by atoms with Gasteiger partial charge in [-0.05, 0) is 53.7 Å². The summed E-state index contributed by atoms with van der Waals surface area (Å²) in [6.07, 6.45) is -1.18. The maximum absolute atomic E-state index is 11.8. The molecule has 6 nitrogen and oxygen atoms in total. The van der Waals surface area contributed by atoms with Crippen LogP contribution < -0.4 is 10.6 Å². The molecule has 0 unspecified atom stereocenters. The van der Waals surface area contributed by atoms with Gasteiger partial charge in [-0.15, -0.1) is 0 Å². The van der Waals surface area contributed by atoms with Crippen LogP contribution in [0.4, 0.5) is 21.0 Å². The fraction of sp³-hybridized carbons (Fsp3) is 0.500. The number of carbonyl (C=O) groups is 2. The average Bonchev–Trinajstić information content (AvgIpc) is 2.26. The molecule has 0 aliphatic rings. The van der Waals surface area contributed by atoms with E-state index < -0.39 is 23.4 Å². The number of anilines is 2. The largest absolute Gasteiger partial charge is 0.444 e. The monoisotopic (exact) mass is 308 g/mol. The normalized spacial score (nSPS) is 11.5. The highest BCUT2D eigenvalue weighted by molar-refractivity contribution is 5.95. The summed E-state index contributed by atoms with van der Waals surface area (Å²) in [5, 5.41) is 5.21. The molecular weight excluding hydrogens is 284 g/mol. The van der Waals surface area contributed by atoms with Crippen molar-refractivity contribution in [1.82, 2.24) is 0 Å². The highest BCUT2D eigenvalue weighted by Crippen LogP contribution is 2.23. The van der Waals surface area contributed by atoms with E-state index in [1.807, 2.05) is 0 Å². The fourth-order valence-electron chi connectivity index (χ4n) is 1.53. The lowest BCUT2D eigenvalue weighted by molar-refractivity contribution is 0.0621. The number of nitrogens with one attached hydrogen (secondary N) is 2. The van der Waals surface area contributed by atoms with Gasteiger partial charge in [0, 0.05) is 0 Å². The van der Waals surface area contributed by atoms with Crippen LogP contribution in [0.1, 0.15) is 41.5 Å². The van der Waals surface area contributed by atoms with Gasteiger partial charge >= 0.3 is 12.2 Å². The van der Waals surface area contributed by atoms with Gasteiger partial charge < -0.3 is 9.47 Å². The van der Waals surface area contributed by atoms with Crippen molar-refractivity contribution >= 4 is 23.6 Å². The van der Waals surface area contributed by atoms with Crippen molar-refractivity contribution in [2.24, 2.45) is 0 Å². The fourth-order valence-corrected chi connectivity index (χ4v) is 1.53. The molecule has 1 aromatic carbocycles. The first kappa shape index (κ1) is 17.8. The Morgan fingerprint density at radius 1 is 0.773 bits per heavy atom. The summed E-state index contributed by atoms with van der Waals surface area (Å²) in [7, 11) is 0. The van der Waals surface area contributed by atoms with Crippen molar-refractivity contribution < 1.29 is 19.1 Å². The molecule has 1 rings (SSSR count). The van der Waals surface area contributed by atoms with Crippen molar-refractivity contribution in [2.45, 2.75) is 52.7 Å². The number of rotatable bonds is 2. The second-order valence-corrected chi connectivity index (χ2v) is 6.80. The number of carbonyl (C=O) groups excluding carboxylic acids is 2. The Balaban J connectivity index is 2.78. The van der Waals surface area contributed by atoms with Crippen LogP contribution in [0.5, 0.6) is 0 Å². The predicted octanol–water partition coefficient (Wildman–Crippen LogP) is 4.38. The van der Waals surface area contributed by atoms with Gasteiger partial charge in [0.05, 0.1) is 11.4 Å². The summed E-state index contributed by atoms with van der Waals surface area (Å²) >= 11 is 0. The van der Waals surface area contributed by atoms with Gasteiger partial charge in [-0.3, -0.25) is 10.6 Å². The zero-order valence-electron chi connectivity index (χ0n) is 13.9. The summed E-state index contributed by atoms with van der Waals surface area (Å²) in [5.41, 5.74) is -0.333. The minimum atomic E-state index is -0.600. The Labute approximate surface area is 131 Å². The number of hydrogen-bond acceptors (Lipinski definition) is 4. The van der Waals surface area contributed by atoms with Crippen LogP contribution >= 0.6 is 0 Å². The SMILES string of the molecule is CC(C)(C)OC(=O)Nc1ccccc1NC(=O)OC(C)(C)C. The minimum absolute atomic E-state index is 0.433. The molecule has 2 N–H and O–H groups in total. The molecule has 0 aliphatic heterocycles. The number of amides is 2. The van der Waals surface area contributed by atoms with Crippen molar-refractivity contribution in [3.8, 4) is 0 Å². The van der Waals surface area contributed by atoms with Crippen molar-refractivity contribution in [2.75, 3.05) is 10.6 Å². The summed E-state index contributed by atoms with van der Waals surface area (Å²) in [6, 6.07) is 6.81. The first-order valence-electron chi connectivity index (χ1n) is 7.05. The Kier molecular flexibility index (Phi) is 5.41.